The molecule has 0 atom stereocenters. The summed E-state index contributed by atoms with van der Waals surface area (Å²) in [5.41, 5.74) is 1.50. The highest BCUT2D eigenvalue weighted by molar-refractivity contribution is 7.93. The summed E-state index contributed by atoms with van der Waals surface area (Å²) in [4.78, 5) is 35.2. The molecule has 0 unspecified atom stereocenters. The molecule has 2 aromatic rings. The number of hydrogen-bond acceptors (Lipinski definition) is 6. The largest absolute Gasteiger partial charge is 0.317 e. The van der Waals surface area contributed by atoms with Gasteiger partial charge in [-0.25, -0.2) is 8.42 Å². The molecular weight excluding hydrogens is 412 g/mol. The molecule has 1 aliphatic heterocycles. The van der Waals surface area contributed by atoms with Gasteiger partial charge >= 0.3 is 11.8 Å². The van der Waals surface area contributed by atoms with Gasteiger partial charge in [-0.05, 0) is 49.6 Å². The number of rotatable bonds is 4. The summed E-state index contributed by atoms with van der Waals surface area (Å²) in [5.74, 6) is -2.06. The summed E-state index contributed by atoms with van der Waals surface area (Å²) in [7, 11) is -3.39. The highest BCUT2D eigenvalue weighted by Gasteiger charge is 2.29. The minimum atomic E-state index is -3.39. The smallest absolute Gasteiger partial charge is 0.314 e. The lowest BCUT2D eigenvalue weighted by Crippen LogP contribution is -2.30. The lowest BCUT2D eigenvalue weighted by atomic mass is 10.1. The highest BCUT2D eigenvalue weighted by Crippen LogP contribution is 2.29. The lowest BCUT2D eigenvalue weighted by Gasteiger charge is -2.19. The molecule has 1 aliphatic rings. The Hall–Kier alpha value is -3.47. The van der Waals surface area contributed by atoms with Gasteiger partial charge in [0.05, 0.1) is 16.4 Å². The van der Waals surface area contributed by atoms with Crippen molar-refractivity contribution in [2.45, 2.75) is 20.3 Å². The van der Waals surface area contributed by atoms with Gasteiger partial charge in [0, 0.05) is 18.3 Å². The Bertz CT molecular complexity index is 1150. The molecule has 0 bridgehead atoms. The Morgan fingerprint density at radius 1 is 1.03 bits per heavy atom. The fourth-order valence-electron chi connectivity index (χ4n) is 3.09. The Balaban J connectivity index is 1.79. The van der Waals surface area contributed by atoms with E-state index in [2.05, 4.69) is 10.6 Å². The lowest BCUT2D eigenvalue weighted by molar-refractivity contribution is -0.384. The van der Waals surface area contributed by atoms with E-state index in [0.29, 0.717) is 29.8 Å². The van der Waals surface area contributed by atoms with E-state index in [0.717, 1.165) is 0 Å². The maximum absolute atomic E-state index is 12.4. The summed E-state index contributed by atoms with van der Waals surface area (Å²) in [6.07, 6.45) is 0.510. The van der Waals surface area contributed by atoms with Crippen molar-refractivity contribution in [3.63, 3.8) is 0 Å². The van der Waals surface area contributed by atoms with E-state index in [1.807, 2.05) is 0 Å². The van der Waals surface area contributed by atoms with Crippen molar-refractivity contribution in [3.8, 4) is 0 Å². The first-order chi connectivity index (χ1) is 14.1. The number of anilines is 3. The van der Waals surface area contributed by atoms with Crippen molar-refractivity contribution in [1.29, 1.82) is 0 Å². The van der Waals surface area contributed by atoms with Crippen LogP contribution in [0.5, 0.6) is 0 Å². The topological polar surface area (TPSA) is 139 Å². The number of nitro groups is 1. The molecule has 30 heavy (non-hydrogen) atoms. The number of benzene rings is 2. The van der Waals surface area contributed by atoms with Crippen LogP contribution in [0.4, 0.5) is 22.7 Å². The van der Waals surface area contributed by atoms with E-state index >= 15 is 0 Å². The number of carbonyl (C=O) groups is 2. The Labute approximate surface area is 173 Å². The van der Waals surface area contributed by atoms with Gasteiger partial charge in [-0.15, -0.1) is 0 Å². The van der Waals surface area contributed by atoms with E-state index < -0.39 is 26.8 Å². The highest BCUT2D eigenvalue weighted by atomic mass is 32.2. The minimum Gasteiger partial charge on any atom is -0.317 e. The number of hydrogen-bond donors (Lipinski definition) is 2. The van der Waals surface area contributed by atoms with Gasteiger partial charge in [0.2, 0.25) is 10.0 Å². The van der Waals surface area contributed by atoms with Crippen LogP contribution in [0.2, 0.25) is 0 Å². The van der Waals surface area contributed by atoms with Crippen LogP contribution in [0.1, 0.15) is 17.5 Å². The van der Waals surface area contributed by atoms with Crippen LogP contribution >= 0.6 is 0 Å². The monoisotopic (exact) mass is 432 g/mol. The van der Waals surface area contributed by atoms with Gasteiger partial charge in [0.25, 0.3) is 5.69 Å². The molecule has 0 spiro atoms. The van der Waals surface area contributed by atoms with Crippen molar-refractivity contribution in [3.05, 3.63) is 57.6 Å². The first-order valence-corrected chi connectivity index (χ1v) is 10.7. The molecule has 2 amide bonds. The summed E-state index contributed by atoms with van der Waals surface area (Å²) >= 11 is 0. The van der Waals surface area contributed by atoms with Gasteiger partial charge in [-0.3, -0.25) is 24.0 Å². The van der Waals surface area contributed by atoms with Crippen molar-refractivity contribution >= 4 is 44.6 Å². The van der Waals surface area contributed by atoms with Crippen LogP contribution in [0.15, 0.2) is 36.4 Å². The molecule has 3 rings (SSSR count). The quantitative estimate of drug-likeness (QED) is 0.432. The molecule has 0 aromatic heterocycles. The third-order valence-corrected chi connectivity index (χ3v) is 6.53. The Kier molecular flexibility index (Phi) is 5.74. The van der Waals surface area contributed by atoms with Crippen LogP contribution < -0.4 is 14.9 Å². The number of amides is 2. The van der Waals surface area contributed by atoms with Gasteiger partial charge in [0.15, 0.2) is 0 Å². The number of nitrogens with one attached hydrogen (secondary N) is 2. The molecule has 11 heteroatoms. The van der Waals surface area contributed by atoms with Gasteiger partial charge in [-0.2, -0.15) is 0 Å². The molecule has 2 N–H and O–H groups in total. The SMILES string of the molecule is Cc1ccc(NC(=O)C(=O)Nc2cc(N3CCCS3(=O)=O)ccc2C)c([N+](=O)[O-])c1. The second-order valence-corrected chi connectivity index (χ2v) is 8.94. The molecular formula is C19H20N4O6S. The fourth-order valence-corrected chi connectivity index (χ4v) is 4.64. The molecule has 0 aliphatic carbocycles. The van der Waals surface area contributed by atoms with Crippen molar-refractivity contribution in [2.24, 2.45) is 0 Å². The first kappa shape index (κ1) is 21.2. The standard InChI is InChI=1S/C19H20N4O6S/c1-12-4-7-15(17(10-12)23(26)27)20-18(24)19(25)21-16-11-14(6-5-13(16)2)22-8-3-9-30(22,28)29/h4-7,10-11H,3,8-9H2,1-2H3,(H,20,24)(H,21,25). The first-order valence-electron chi connectivity index (χ1n) is 9.07. The van der Waals surface area contributed by atoms with Gasteiger partial charge < -0.3 is 10.6 Å². The summed E-state index contributed by atoms with van der Waals surface area (Å²) in [6.45, 7) is 3.71. The molecule has 1 fully saturated rings. The normalized spacial score (nSPS) is 14.9. The summed E-state index contributed by atoms with van der Waals surface area (Å²) in [5, 5.41) is 15.9. The number of sulfonamides is 1. The second kappa shape index (κ2) is 8.11. The number of nitro benzene ring substituents is 1. The zero-order valence-corrected chi connectivity index (χ0v) is 17.2. The number of aryl methyl sites for hydroxylation is 2. The van der Waals surface area contributed by atoms with E-state index in [-0.39, 0.29) is 22.8 Å². The molecule has 158 valence electrons. The Morgan fingerprint density at radius 2 is 1.70 bits per heavy atom. The minimum absolute atomic E-state index is 0.0559. The van der Waals surface area contributed by atoms with Crippen LogP contribution in [-0.2, 0) is 19.6 Å². The van der Waals surface area contributed by atoms with Crippen LogP contribution in [0.3, 0.4) is 0 Å². The molecule has 1 heterocycles. The van der Waals surface area contributed by atoms with Gasteiger partial charge in [0.1, 0.15) is 5.69 Å². The maximum atomic E-state index is 12.4. The van der Waals surface area contributed by atoms with E-state index in [4.69, 9.17) is 0 Å². The molecule has 0 radical (unpaired) electrons. The maximum Gasteiger partial charge on any atom is 0.314 e. The summed E-state index contributed by atoms with van der Waals surface area (Å²) in [6, 6.07) is 8.97. The fraction of sp³-hybridized carbons (Fsp3) is 0.263. The number of carbonyl (C=O) groups excluding carboxylic acids is 2. The number of nitrogens with zero attached hydrogens (tertiary/aromatic N) is 2. The van der Waals surface area contributed by atoms with Crippen molar-refractivity contribution in [1.82, 2.24) is 0 Å². The molecule has 2 aromatic carbocycles. The van der Waals surface area contributed by atoms with Crippen molar-refractivity contribution < 1.29 is 22.9 Å². The van der Waals surface area contributed by atoms with Crippen LogP contribution in [-0.4, -0.2) is 37.5 Å². The zero-order valence-electron chi connectivity index (χ0n) is 16.3. The van der Waals surface area contributed by atoms with Crippen molar-refractivity contribution in [2.75, 3.05) is 27.2 Å². The average Bonchev–Trinajstić information content (AvgIpc) is 3.03. The van der Waals surface area contributed by atoms with Crippen LogP contribution in [0, 0.1) is 24.0 Å². The zero-order chi connectivity index (χ0) is 22.1. The van der Waals surface area contributed by atoms with E-state index in [1.165, 1.54) is 22.5 Å². The average molecular weight is 432 g/mol. The predicted octanol–water partition coefficient (Wildman–Crippen LogP) is 2.33. The molecule has 1 saturated heterocycles. The second-order valence-electron chi connectivity index (χ2n) is 6.93. The van der Waals surface area contributed by atoms with E-state index in [1.54, 1.807) is 32.0 Å². The van der Waals surface area contributed by atoms with Gasteiger partial charge in [-0.1, -0.05) is 12.1 Å². The molecule has 10 nitrogen and oxygen atoms in total. The predicted molar refractivity (Wildman–Crippen MR) is 112 cm³/mol. The summed E-state index contributed by atoms with van der Waals surface area (Å²) < 4.78 is 25.5. The Morgan fingerprint density at radius 3 is 2.30 bits per heavy atom. The van der Waals surface area contributed by atoms with Crippen LogP contribution in [0.25, 0.3) is 0 Å². The van der Waals surface area contributed by atoms with E-state index in [9.17, 15) is 28.1 Å². The molecule has 0 saturated carbocycles. The third-order valence-electron chi connectivity index (χ3n) is 4.66. The third kappa shape index (κ3) is 4.40.